The molecule has 0 saturated carbocycles. The molecule has 2 saturated heterocycles. The van der Waals surface area contributed by atoms with Gasteiger partial charge in [0.25, 0.3) is 0 Å². The monoisotopic (exact) mass is 250 g/mol. The maximum atomic E-state index is 10.4. The lowest BCUT2D eigenvalue weighted by molar-refractivity contribution is -0.117. The molecule has 3 rings (SSSR count). The van der Waals surface area contributed by atoms with E-state index in [1.54, 1.807) is 12.3 Å². The van der Waals surface area contributed by atoms with Crippen LogP contribution in [-0.2, 0) is 9.47 Å². The summed E-state index contributed by atoms with van der Waals surface area (Å²) in [6, 6.07) is 1.78. The number of aromatic nitrogens is 2. The molecule has 2 aliphatic heterocycles. The Bertz CT molecular complexity index is 392. The standard InChI is InChI=1S/C13H18N2O3/c16-12(11-1-4-14-9-15-11)10-2-5-18-13(7-10)3-6-17-8-13/h1,4,9-10,12,16H,2-3,5-8H2. The van der Waals surface area contributed by atoms with Crippen LogP contribution in [0.15, 0.2) is 18.6 Å². The van der Waals surface area contributed by atoms with E-state index in [0.29, 0.717) is 18.9 Å². The zero-order valence-electron chi connectivity index (χ0n) is 10.3. The van der Waals surface area contributed by atoms with Gasteiger partial charge in [-0.05, 0) is 24.8 Å². The molecule has 1 aromatic rings. The Hall–Kier alpha value is -1.04. The van der Waals surface area contributed by atoms with Gasteiger partial charge in [0.2, 0.25) is 0 Å². The zero-order valence-corrected chi connectivity index (χ0v) is 10.3. The molecule has 3 atom stereocenters. The van der Waals surface area contributed by atoms with Crippen molar-refractivity contribution in [3.8, 4) is 0 Å². The van der Waals surface area contributed by atoms with Crippen LogP contribution in [-0.4, -0.2) is 40.5 Å². The van der Waals surface area contributed by atoms with Crippen molar-refractivity contribution in [2.45, 2.75) is 31.0 Å². The molecular weight excluding hydrogens is 232 g/mol. The third-order valence-electron chi connectivity index (χ3n) is 3.95. The number of aliphatic hydroxyl groups is 1. The second kappa shape index (κ2) is 4.91. The third kappa shape index (κ3) is 2.25. The second-order valence-corrected chi connectivity index (χ2v) is 5.17. The van der Waals surface area contributed by atoms with Crippen LogP contribution >= 0.6 is 0 Å². The first kappa shape index (κ1) is 12.0. The van der Waals surface area contributed by atoms with Crippen LogP contribution in [0.25, 0.3) is 0 Å². The molecule has 5 nitrogen and oxygen atoms in total. The Morgan fingerprint density at radius 2 is 2.39 bits per heavy atom. The minimum Gasteiger partial charge on any atom is -0.387 e. The average Bonchev–Trinajstić information content (AvgIpc) is 2.87. The van der Waals surface area contributed by atoms with Crippen molar-refractivity contribution in [3.05, 3.63) is 24.3 Å². The van der Waals surface area contributed by atoms with Crippen molar-refractivity contribution in [1.29, 1.82) is 0 Å². The highest BCUT2D eigenvalue weighted by Crippen LogP contribution is 2.40. The molecule has 1 aromatic heterocycles. The topological polar surface area (TPSA) is 64.5 Å². The number of hydrogen-bond acceptors (Lipinski definition) is 5. The lowest BCUT2D eigenvalue weighted by atomic mass is 9.81. The average molecular weight is 250 g/mol. The number of rotatable bonds is 2. The summed E-state index contributed by atoms with van der Waals surface area (Å²) in [5, 5.41) is 10.4. The van der Waals surface area contributed by atoms with Crippen molar-refractivity contribution in [1.82, 2.24) is 9.97 Å². The van der Waals surface area contributed by atoms with Crippen LogP contribution in [0.3, 0.4) is 0 Å². The molecule has 98 valence electrons. The van der Waals surface area contributed by atoms with E-state index in [4.69, 9.17) is 9.47 Å². The Kier molecular flexibility index (Phi) is 3.28. The second-order valence-electron chi connectivity index (χ2n) is 5.17. The molecule has 3 heterocycles. The van der Waals surface area contributed by atoms with Crippen molar-refractivity contribution in [3.63, 3.8) is 0 Å². The summed E-state index contributed by atoms with van der Waals surface area (Å²) in [5.41, 5.74) is 0.530. The molecule has 0 radical (unpaired) electrons. The molecule has 2 aliphatic rings. The van der Waals surface area contributed by atoms with Gasteiger partial charge < -0.3 is 14.6 Å². The van der Waals surface area contributed by atoms with Gasteiger partial charge >= 0.3 is 0 Å². The van der Waals surface area contributed by atoms with Crippen LogP contribution in [0.1, 0.15) is 31.1 Å². The Labute approximate surface area is 106 Å². The fourth-order valence-electron chi connectivity index (χ4n) is 2.92. The van der Waals surface area contributed by atoms with E-state index in [-0.39, 0.29) is 11.5 Å². The predicted octanol–water partition coefficient (Wildman–Crippen LogP) is 1.10. The third-order valence-corrected chi connectivity index (χ3v) is 3.95. The van der Waals surface area contributed by atoms with Gasteiger partial charge in [0, 0.05) is 25.8 Å². The summed E-state index contributed by atoms with van der Waals surface area (Å²) in [7, 11) is 0. The smallest absolute Gasteiger partial charge is 0.115 e. The van der Waals surface area contributed by atoms with E-state index in [2.05, 4.69) is 9.97 Å². The summed E-state index contributed by atoms with van der Waals surface area (Å²) in [4.78, 5) is 8.01. The molecule has 1 N–H and O–H groups in total. The van der Waals surface area contributed by atoms with Gasteiger partial charge in [-0.25, -0.2) is 9.97 Å². The molecule has 2 fully saturated rings. The van der Waals surface area contributed by atoms with E-state index in [0.717, 1.165) is 25.9 Å². The summed E-state index contributed by atoms with van der Waals surface area (Å²) in [5.74, 6) is 0.190. The lowest BCUT2D eigenvalue weighted by Crippen LogP contribution is -2.42. The predicted molar refractivity (Wildman–Crippen MR) is 63.8 cm³/mol. The van der Waals surface area contributed by atoms with Crippen molar-refractivity contribution >= 4 is 0 Å². The van der Waals surface area contributed by atoms with E-state index in [1.165, 1.54) is 6.33 Å². The van der Waals surface area contributed by atoms with Gasteiger partial charge in [-0.2, -0.15) is 0 Å². The maximum Gasteiger partial charge on any atom is 0.115 e. The molecule has 1 spiro atoms. The minimum atomic E-state index is -0.533. The van der Waals surface area contributed by atoms with Crippen LogP contribution in [0.2, 0.25) is 0 Å². The quantitative estimate of drug-likeness (QED) is 0.851. The summed E-state index contributed by atoms with van der Waals surface area (Å²) in [6.07, 6.45) is 5.26. The van der Waals surface area contributed by atoms with E-state index in [1.807, 2.05) is 0 Å². The number of hydrogen-bond donors (Lipinski definition) is 1. The molecule has 0 bridgehead atoms. The van der Waals surface area contributed by atoms with E-state index < -0.39 is 6.10 Å². The molecular formula is C13H18N2O3. The van der Waals surface area contributed by atoms with Crippen LogP contribution in [0, 0.1) is 5.92 Å². The normalized spacial score (nSPS) is 33.7. The van der Waals surface area contributed by atoms with Gasteiger partial charge in [-0.3, -0.25) is 0 Å². The van der Waals surface area contributed by atoms with Crippen molar-refractivity contribution < 1.29 is 14.6 Å². The fraction of sp³-hybridized carbons (Fsp3) is 0.692. The molecule has 0 amide bonds. The molecule has 3 unspecified atom stereocenters. The van der Waals surface area contributed by atoms with Gasteiger partial charge in [0.05, 0.1) is 24.0 Å². The fourth-order valence-corrected chi connectivity index (χ4v) is 2.92. The largest absolute Gasteiger partial charge is 0.387 e. The Morgan fingerprint density at radius 3 is 3.11 bits per heavy atom. The Balaban J connectivity index is 1.72. The number of ether oxygens (including phenoxy) is 2. The van der Waals surface area contributed by atoms with Crippen LogP contribution in [0.4, 0.5) is 0 Å². The van der Waals surface area contributed by atoms with Crippen molar-refractivity contribution in [2.24, 2.45) is 5.92 Å². The van der Waals surface area contributed by atoms with E-state index in [9.17, 15) is 5.11 Å². The van der Waals surface area contributed by atoms with Gasteiger partial charge in [0.1, 0.15) is 6.33 Å². The van der Waals surface area contributed by atoms with Gasteiger partial charge in [-0.15, -0.1) is 0 Å². The Morgan fingerprint density at radius 1 is 1.44 bits per heavy atom. The SMILES string of the molecule is OC(c1ccncn1)C1CCOC2(CCOC2)C1. The van der Waals surface area contributed by atoms with E-state index >= 15 is 0 Å². The minimum absolute atomic E-state index is 0.170. The van der Waals surface area contributed by atoms with Crippen LogP contribution in [0.5, 0.6) is 0 Å². The summed E-state index contributed by atoms with van der Waals surface area (Å²) in [6.45, 7) is 2.10. The molecule has 18 heavy (non-hydrogen) atoms. The maximum absolute atomic E-state index is 10.4. The van der Waals surface area contributed by atoms with Gasteiger partial charge in [0.15, 0.2) is 0 Å². The number of aliphatic hydroxyl groups excluding tert-OH is 1. The first-order valence-electron chi connectivity index (χ1n) is 6.45. The highest BCUT2D eigenvalue weighted by atomic mass is 16.6. The summed E-state index contributed by atoms with van der Waals surface area (Å²) >= 11 is 0. The zero-order chi connectivity index (χ0) is 12.4. The lowest BCUT2D eigenvalue weighted by Gasteiger charge is -2.38. The first-order chi connectivity index (χ1) is 8.79. The highest BCUT2D eigenvalue weighted by Gasteiger charge is 2.43. The molecule has 0 aliphatic carbocycles. The molecule has 0 aromatic carbocycles. The van der Waals surface area contributed by atoms with Gasteiger partial charge in [-0.1, -0.05) is 0 Å². The van der Waals surface area contributed by atoms with Crippen LogP contribution < -0.4 is 0 Å². The van der Waals surface area contributed by atoms with Crippen molar-refractivity contribution in [2.75, 3.05) is 19.8 Å². The first-order valence-corrected chi connectivity index (χ1v) is 6.45. The highest BCUT2D eigenvalue weighted by molar-refractivity contribution is 5.05. The molecule has 5 heteroatoms. The summed E-state index contributed by atoms with van der Waals surface area (Å²) < 4.78 is 11.3. The number of nitrogens with zero attached hydrogens (tertiary/aromatic N) is 2.